The fourth-order valence-corrected chi connectivity index (χ4v) is 4.72. The van der Waals surface area contributed by atoms with Crippen LogP contribution >= 0.6 is 0 Å². The number of carboxylic acid groups (broad SMARTS) is 1. The largest absolute Gasteiger partial charge is 0.497 e. The van der Waals surface area contributed by atoms with Crippen molar-refractivity contribution in [2.24, 2.45) is 5.41 Å². The van der Waals surface area contributed by atoms with Crippen molar-refractivity contribution in [3.8, 4) is 0 Å². The molecule has 0 aliphatic heterocycles. The van der Waals surface area contributed by atoms with E-state index in [2.05, 4.69) is 0 Å². The fourth-order valence-electron chi connectivity index (χ4n) is 3.12. The van der Waals surface area contributed by atoms with E-state index >= 15 is 0 Å². The minimum absolute atomic E-state index is 0.0116. The van der Waals surface area contributed by atoms with Gasteiger partial charge in [-0.15, -0.1) is 0 Å². The molecule has 4 nitrogen and oxygen atoms in total. The number of carbonyl (C=O) groups is 1. The monoisotopic (exact) mass is 286 g/mol. The first-order chi connectivity index (χ1) is 8.06. The van der Waals surface area contributed by atoms with E-state index in [1.165, 1.54) is 0 Å². The van der Waals surface area contributed by atoms with E-state index in [9.17, 15) is 26.4 Å². The second-order valence-corrected chi connectivity index (χ2v) is 7.55. The average molecular weight is 286 g/mol. The molecule has 3 fully saturated rings. The van der Waals surface area contributed by atoms with Crippen LogP contribution in [-0.2, 0) is 14.6 Å². The van der Waals surface area contributed by atoms with Crippen LogP contribution < -0.4 is 0 Å². The summed E-state index contributed by atoms with van der Waals surface area (Å²) in [5, 5.41) is 9.09. The molecule has 3 saturated carbocycles. The summed E-state index contributed by atoms with van der Waals surface area (Å²) in [6.07, 6.45) is -0.587. The summed E-state index contributed by atoms with van der Waals surface area (Å²) in [4.78, 5) is 11.1. The Morgan fingerprint density at radius 3 is 1.67 bits per heavy atom. The molecule has 0 atom stereocenters. The maximum absolute atomic E-state index is 12.6. The molecule has 104 valence electrons. The van der Waals surface area contributed by atoms with Gasteiger partial charge in [0.2, 0.25) is 0 Å². The molecule has 1 N–H and O–H groups in total. The van der Waals surface area contributed by atoms with E-state index in [0.717, 1.165) is 0 Å². The normalized spacial score (nSPS) is 36.6. The van der Waals surface area contributed by atoms with Gasteiger partial charge in [-0.2, -0.15) is 13.2 Å². The molecule has 18 heavy (non-hydrogen) atoms. The predicted octanol–water partition coefficient (Wildman–Crippen LogP) is 2.10. The van der Waals surface area contributed by atoms with E-state index in [4.69, 9.17) is 5.11 Å². The van der Waals surface area contributed by atoms with Crippen LogP contribution in [0.3, 0.4) is 0 Å². The highest BCUT2D eigenvalue weighted by molar-refractivity contribution is 7.93. The smallest absolute Gasteiger partial charge is 0.481 e. The molecule has 0 aromatic rings. The number of fused-ring (bicyclic) bond motifs is 3. The molecule has 3 rings (SSSR count). The van der Waals surface area contributed by atoms with Gasteiger partial charge in [0, 0.05) is 0 Å². The average Bonchev–Trinajstić information content (AvgIpc) is 2.29. The van der Waals surface area contributed by atoms with Crippen LogP contribution in [0, 0.1) is 5.41 Å². The molecule has 0 aromatic heterocycles. The summed E-state index contributed by atoms with van der Waals surface area (Å²) in [7, 11) is -5.22. The molecule has 0 radical (unpaired) electrons. The minimum atomic E-state index is -5.26. The number of alkyl halides is 3. The Morgan fingerprint density at radius 1 is 1.00 bits per heavy atom. The number of rotatable bonds is 2. The van der Waals surface area contributed by atoms with Crippen molar-refractivity contribution in [2.75, 3.05) is 0 Å². The van der Waals surface area contributed by atoms with Crippen LogP contribution in [-0.4, -0.2) is 29.7 Å². The lowest BCUT2D eigenvalue weighted by Crippen LogP contribution is -2.56. The van der Waals surface area contributed by atoms with Crippen LogP contribution in [0.1, 0.15) is 38.5 Å². The maximum atomic E-state index is 12.6. The van der Waals surface area contributed by atoms with Crippen molar-refractivity contribution in [3.63, 3.8) is 0 Å². The van der Waals surface area contributed by atoms with E-state index in [-0.39, 0.29) is 38.5 Å². The van der Waals surface area contributed by atoms with Gasteiger partial charge in [0.1, 0.15) is 0 Å². The number of halogens is 3. The van der Waals surface area contributed by atoms with Crippen molar-refractivity contribution in [2.45, 2.75) is 48.8 Å². The molecule has 0 heterocycles. The lowest BCUT2D eigenvalue weighted by atomic mass is 9.60. The molecule has 0 unspecified atom stereocenters. The van der Waals surface area contributed by atoms with Crippen LogP contribution in [0.15, 0.2) is 0 Å². The summed E-state index contributed by atoms with van der Waals surface area (Å²) in [6, 6.07) is 0. The van der Waals surface area contributed by atoms with Crippen molar-refractivity contribution >= 4 is 15.8 Å². The first kappa shape index (κ1) is 13.6. The Bertz CT molecular complexity index is 455. The molecule has 8 heteroatoms. The van der Waals surface area contributed by atoms with Gasteiger partial charge in [0.25, 0.3) is 9.84 Å². The minimum Gasteiger partial charge on any atom is -0.481 e. The van der Waals surface area contributed by atoms with Crippen LogP contribution in [0.2, 0.25) is 0 Å². The zero-order chi connectivity index (χ0) is 13.8. The van der Waals surface area contributed by atoms with Gasteiger partial charge in [0.15, 0.2) is 0 Å². The second kappa shape index (κ2) is 3.61. The van der Waals surface area contributed by atoms with Crippen LogP contribution in [0.4, 0.5) is 13.2 Å². The van der Waals surface area contributed by atoms with E-state index in [1.54, 1.807) is 0 Å². The Hall–Kier alpha value is -0.790. The van der Waals surface area contributed by atoms with Gasteiger partial charge in [-0.1, -0.05) is 0 Å². The number of carboxylic acids is 1. The van der Waals surface area contributed by atoms with Gasteiger partial charge in [-0.05, 0) is 38.5 Å². The molecule has 2 bridgehead atoms. The number of hydrogen-bond acceptors (Lipinski definition) is 3. The Kier molecular flexibility index (Phi) is 2.74. The van der Waals surface area contributed by atoms with Gasteiger partial charge >= 0.3 is 11.5 Å². The first-order valence-corrected chi connectivity index (χ1v) is 7.09. The molecular weight excluding hydrogens is 273 g/mol. The second-order valence-electron chi connectivity index (χ2n) is 5.22. The van der Waals surface area contributed by atoms with E-state index in [1.807, 2.05) is 0 Å². The molecule has 0 spiro atoms. The van der Waals surface area contributed by atoms with E-state index in [0.29, 0.717) is 0 Å². The predicted molar refractivity (Wildman–Crippen MR) is 55.5 cm³/mol. The summed E-state index contributed by atoms with van der Waals surface area (Å²) < 4.78 is 59.2. The lowest BCUT2D eigenvalue weighted by molar-refractivity contribution is -0.154. The molecule has 0 aromatic carbocycles. The van der Waals surface area contributed by atoms with Crippen LogP contribution in [0.5, 0.6) is 0 Å². The fraction of sp³-hybridized carbons (Fsp3) is 0.900. The van der Waals surface area contributed by atoms with Gasteiger partial charge in [-0.3, -0.25) is 4.79 Å². The SMILES string of the molecule is O=C(O)C12CCC(S(=O)(=O)C(F)(F)F)(CC1)CC2. The molecule has 0 amide bonds. The third kappa shape index (κ3) is 1.57. The number of aliphatic carboxylic acids is 1. The third-order valence-corrected chi connectivity index (χ3v) is 6.87. The molecule has 3 aliphatic rings. The summed E-state index contributed by atoms with van der Waals surface area (Å²) in [5.74, 6) is -1.03. The quantitative estimate of drug-likeness (QED) is 0.843. The first-order valence-electron chi connectivity index (χ1n) is 5.61. The summed E-state index contributed by atoms with van der Waals surface area (Å²) >= 11 is 0. The third-order valence-electron chi connectivity index (χ3n) is 4.51. The summed E-state index contributed by atoms with van der Waals surface area (Å²) in [6.45, 7) is 0. The van der Waals surface area contributed by atoms with Gasteiger partial charge < -0.3 is 5.11 Å². The van der Waals surface area contributed by atoms with Crippen molar-refractivity contribution in [1.82, 2.24) is 0 Å². The highest BCUT2D eigenvalue weighted by Gasteiger charge is 2.65. The van der Waals surface area contributed by atoms with Crippen molar-refractivity contribution < 1.29 is 31.5 Å². The van der Waals surface area contributed by atoms with E-state index < -0.39 is 31.5 Å². The number of hydrogen-bond donors (Lipinski definition) is 1. The van der Waals surface area contributed by atoms with Crippen molar-refractivity contribution in [1.29, 1.82) is 0 Å². The highest BCUT2D eigenvalue weighted by atomic mass is 32.2. The maximum Gasteiger partial charge on any atom is 0.497 e. The Balaban J connectivity index is 2.33. The van der Waals surface area contributed by atoms with Crippen molar-refractivity contribution in [3.05, 3.63) is 0 Å². The topological polar surface area (TPSA) is 71.4 Å². The highest BCUT2D eigenvalue weighted by Crippen LogP contribution is 2.57. The molecular formula is C10H13F3O4S. The van der Waals surface area contributed by atoms with Gasteiger partial charge in [-0.25, -0.2) is 8.42 Å². The Labute approximate surface area is 102 Å². The lowest BCUT2D eigenvalue weighted by Gasteiger charge is -2.50. The zero-order valence-electron chi connectivity index (χ0n) is 9.46. The Morgan fingerprint density at radius 2 is 1.39 bits per heavy atom. The van der Waals surface area contributed by atoms with Crippen LogP contribution in [0.25, 0.3) is 0 Å². The molecule has 3 aliphatic carbocycles. The summed E-state index contributed by atoms with van der Waals surface area (Å²) in [5.41, 5.74) is -6.27. The van der Waals surface area contributed by atoms with Gasteiger partial charge in [0.05, 0.1) is 10.2 Å². The molecule has 0 saturated heterocycles. The zero-order valence-corrected chi connectivity index (χ0v) is 10.3. The standard InChI is InChI=1S/C10H13F3O4S/c11-10(12,13)18(16,17)9-4-1-8(2-5-9,3-6-9)7(14)15/h1-6H2,(H,14,15). The number of sulfone groups is 1.